The van der Waals surface area contributed by atoms with E-state index in [0.29, 0.717) is 68.6 Å². The first-order valence-corrected chi connectivity index (χ1v) is 17.8. The molecule has 3 saturated heterocycles. The van der Waals surface area contributed by atoms with Crippen LogP contribution in [0.25, 0.3) is 11.4 Å². The third-order valence-corrected chi connectivity index (χ3v) is 10.8. The Kier molecular flexibility index (Phi) is 11.1. The number of nitrogens with one attached hydrogen (secondary N) is 1. The SMILES string of the molecule is CN1CCC(C2CCN(C(=O)[C@@H](Cc3cc(C(F)(F)F)c(N)c(C(F)(F)F)c3)OC(=O)N3CCC(n4nc(-c5ccccc5)[nH]c4=O)CC3)CC2)CC1. The molecule has 0 aliphatic carbocycles. The van der Waals surface area contributed by atoms with Gasteiger partial charge in [0.25, 0.3) is 5.91 Å². The minimum atomic E-state index is -5.21. The minimum Gasteiger partial charge on any atom is -0.436 e. The lowest BCUT2D eigenvalue weighted by molar-refractivity contribution is -0.142. The van der Waals surface area contributed by atoms with Crippen LogP contribution >= 0.6 is 0 Å². The van der Waals surface area contributed by atoms with E-state index in [1.54, 1.807) is 12.1 Å². The summed E-state index contributed by atoms with van der Waals surface area (Å²) < 4.78 is 90.2. The summed E-state index contributed by atoms with van der Waals surface area (Å²) in [4.78, 5) is 48.0. The smallest absolute Gasteiger partial charge is 0.418 e. The van der Waals surface area contributed by atoms with Crippen molar-refractivity contribution in [3.05, 3.63) is 69.6 Å². The minimum absolute atomic E-state index is 0.102. The first-order chi connectivity index (χ1) is 25.1. The van der Waals surface area contributed by atoms with E-state index in [2.05, 4.69) is 22.0 Å². The number of nitrogens with two attached hydrogens (primary N) is 1. The fourth-order valence-electron chi connectivity index (χ4n) is 7.79. The Bertz CT molecular complexity index is 1770. The average molecular weight is 752 g/mol. The van der Waals surface area contributed by atoms with Crippen LogP contribution < -0.4 is 11.4 Å². The predicted octanol–water partition coefficient (Wildman–Crippen LogP) is 5.82. The number of anilines is 1. The van der Waals surface area contributed by atoms with Crippen LogP contribution in [0, 0.1) is 11.8 Å². The molecule has 3 aliphatic heterocycles. The van der Waals surface area contributed by atoms with Crippen LogP contribution in [0.5, 0.6) is 0 Å². The van der Waals surface area contributed by atoms with Gasteiger partial charge in [0, 0.05) is 38.2 Å². The third kappa shape index (κ3) is 8.82. The Morgan fingerprint density at radius 2 is 1.38 bits per heavy atom. The van der Waals surface area contributed by atoms with Gasteiger partial charge in [-0.2, -0.15) is 26.3 Å². The van der Waals surface area contributed by atoms with Gasteiger partial charge in [-0.05, 0) is 88.2 Å². The van der Waals surface area contributed by atoms with Gasteiger partial charge < -0.3 is 25.2 Å². The number of H-pyrrole nitrogens is 1. The topological polar surface area (TPSA) is 130 Å². The largest absolute Gasteiger partial charge is 0.436 e. The van der Waals surface area contributed by atoms with Crippen molar-refractivity contribution in [3.8, 4) is 11.4 Å². The van der Waals surface area contributed by atoms with Crippen LogP contribution in [0.3, 0.4) is 0 Å². The normalized spacial score (nSPS) is 19.4. The summed E-state index contributed by atoms with van der Waals surface area (Å²) in [6.07, 6.45) is -9.74. The highest BCUT2D eigenvalue weighted by atomic mass is 19.4. The maximum absolute atomic E-state index is 14.0. The number of nitrogens with zero attached hydrogens (tertiary/aromatic N) is 5. The highest BCUT2D eigenvalue weighted by Crippen LogP contribution is 2.42. The molecule has 0 spiro atoms. The maximum atomic E-state index is 14.0. The Hall–Kier alpha value is -4.54. The van der Waals surface area contributed by atoms with Crippen molar-refractivity contribution in [1.29, 1.82) is 0 Å². The molecule has 3 N–H and O–H groups in total. The van der Waals surface area contributed by atoms with Gasteiger partial charge >= 0.3 is 24.1 Å². The number of hydrogen-bond donors (Lipinski definition) is 2. The Morgan fingerprint density at radius 1 is 0.849 bits per heavy atom. The molecule has 1 aromatic heterocycles. The number of piperidine rings is 3. The van der Waals surface area contributed by atoms with Crippen LogP contribution in [-0.4, -0.2) is 93.9 Å². The first kappa shape index (κ1) is 38.2. The lowest BCUT2D eigenvalue weighted by Crippen LogP contribution is -2.49. The van der Waals surface area contributed by atoms with Crippen LogP contribution in [0.4, 0.5) is 36.8 Å². The number of rotatable bonds is 7. The van der Waals surface area contributed by atoms with E-state index >= 15 is 0 Å². The number of carbonyl (C=O) groups is 2. The van der Waals surface area contributed by atoms with Crippen molar-refractivity contribution in [3.63, 3.8) is 0 Å². The van der Waals surface area contributed by atoms with E-state index in [-0.39, 0.29) is 19.1 Å². The van der Waals surface area contributed by atoms with E-state index in [9.17, 15) is 40.7 Å². The number of ether oxygens (including phenoxy) is 1. The van der Waals surface area contributed by atoms with Crippen molar-refractivity contribution in [1.82, 2.24) is 29.5 Å². The second kappa shape index (κ2) is 15.4. The molecule has 17 heteroatoms. The molecular formula is C36H43F6N7O4. The quantitative estimate of drug-likeness (QED) is 0.230. The molecule has 2 aromatic carbocycles. The average Bonchev–Trinajstić information content (AvgIpc) is 3.53. The molecule has 0 unspecified atom stereocenters. The highest BCUT2D eigenvalue weighted by molar-refractivity contribution is 5.84. The Morgan fingerprint density at radius 3 is 1.92 bits per heavy atom. The van der Waals surface area contributed by atoms with Gasteiger partial charge in [0.1, 0.15) is 0 Å². The van der Waals surface area contributed by atoms with Gasteiger partial charge in [0.2, 0.25) is 0 Å². The second-order valence-electron chi connectivity index (χ2n) is 14.3. The summed E-state index contributed by atoms with van der Waals surface area (Å²) in [6, 6.07) is 9.64. The number of amides is 2. The van der Waals surface area contributed by atoms with E-state index < -0.39 is 64.9 Å². The molecule has 0 radical (unpaired) electrons. The number of alkyl halides is 6. The molecule has 0 saturated carbocycles. The molecule has 53 heavy (non-hydrogen) atoms. The van der Waals surface area contributed by atoms with Crippen LogP contribution in [0.2, 0.25) is 0 Å². The molecule has 1 atom stereocenters. The van der Waals surface area contributed by atoms with Gasteiger partial charge in [-0.15, -0.1) is 5.10 Å². The standard InChI is InChI=1S/C36H43F6N7O4/c1-46-13-7-23(8-14-46)24-9-15-47(16-10-24)32(50)29(21-22-19-27(35(37,38)39)30(43)28(20-22)36(40,41)42)53-34(52)48-17-11-26(12-18-48)49-33(51)44-31(45-49)25-5-3-2-4-6-25/h2-6,19-20,23-24,26,29H,7-18,21,43H2,1H3,(H,44,45,51)/t29-/m1/s1. The molecular weight excluding hydrogens is 708 g/mol. The fourth-order valence-corrected chi connectivity index (χ4v) is 7.79. The number of hydrogen-bond acceptors (Lipinski definition) is 7. The van der Waals surface area contributed by atoms with Crippen molar-refractivity contribution < 1.29 is 40.7 Å². The molecule has 288 valence electrons. The summed E-state index contributed by atoms with van der Waals surface area (Å²) in [6.45, 7) is 2.81. The molecule has 4 heterocycles. The van der Waals surface area contributed by atoms with Crippen molar-refractivity contribution in [2.24, 2.45) is 11.8 Å². The summed E-state index contributed by atoms with van der Waals surface area (Å²) in [5.41, 5.74) is 0.291. The van der Waals surface area contributed by atoms with Gasteiger partial charge in [-0.1, -0.05) is 30.3 Å². The number of benzene rings is 2. The summed E-state index contributed by atoms with van der Waals surface area (Å²) in [5.74, 6) is 0.574. The van der Waals surface area contributed by atoms with E-state index in [4.69, 9.17) is 10.5 Å². The first-order valence-electron chi connectivity index (χ1n) is 17.8. The second-order valence-corrected chi connectivity index (χ2v) is 14.3. The number of carbonyl (C=O) groups excluding carboxylic acids is 2. The third-order valence-electron chi connectivity index (χ3n) is 10.8. The molecule has 0 bridgehead atoms. The predicted molar refractivity (Wildman–Crippen MR) is 182 cm³/mol. The van der Waals surface area contributed by atoms with Crippen LogP contribution in [0.15, 0.2) is 47.3 Å². The lowest BCUT2D eigenvalue weighted by Gasteiger charge is -2.40. The number of aromatic nitrogens is 3. The lowest BCUT2D eigenvalue weighted by atomic mass is 9.79. The van der Waals surface area contributed by atoms with E-state index in [0.717, 1.165) is 31.5 Å². The van der Waals surface area contributed by atoms with Crippen LogP contribution in [-0.2, 0) is 28.3 Å². The van der Waals surface area contributed by atoms with Gasteiger partial charge in [0.05, 0.1) is 22.9 Å². The zero-order chi connectivity index (χ0) is 38.1. The summed E-state index contributed by atoms with van der Waals surface area (Å²) in [7, 11) is 2.07. The van der Waals surface area contributed by atoms with Crippen LogP contribution in [0.1, 0.15) is 61.3 Å². The summed E-state index contributed by atoms with van der Waals surface area (Å²) in [5, 5.41) is 4.43. The van der Waals surface area contributed by atoms with Gasteiger partial charge in [-0.25, -0.2) is 14.3 Å². The molecule has 2 amide bonds. The van der Waals surface area contributed by atoms with Gasteiger partial charge in [0.15, 0.2) is 11.9 Å². The highest BCUT2D eigenvalue weighted by Gasteiger charge is 2.42. The summed E-state index contributed by atoms with van der Waals surface area (Å²) >= 11 is 0. The number of halogens is 6. The van der Waals surface area contributed by atoms with Crippen molar-refractivity contribution in [2.75, 3.05) is 52.0 Å². The Balaban J connectivity index is 1.18. The van der Waals surface area contributed by atoms with Crippen molar-refractivity contribution >= 4 is 17.7 Å². The monoisotopic (exact) mass is 751 g/mol. The molecule has 3 aromatic rings. The van der Waals surface area contributed by atoms with Gasteiger partial charge in [-0.3, -0.25) is 9.78 Å². The number of aromatic amines is 1. The fraction of sp³-hybridized carbons (Fsp3) is 0.556. The Labute approximate surface area is 302 Å². The molecule has 3 aliphatic rings. The van der Waals surface area contributed by atoms with Crippen molar-refractivity contribution in [2.45, 2.75) is 69.4 Å². The zero-order valence-corrected chi connectivity index (χ0v) is 29.3. The molecule has 11 nitrogen and oxygen atoms in total. The number of nitrogen functional groups attached to an aromatic ring is 1. The number of likely N-dealkylation sites (tertiary alicyclic amines) is 3. The van der Waals surface area contributed by atoms with E-state index in [1.165, 1.54) is 14.5 Å². The van der Waals surface area contributed by atoms with E-state index in [1.807, 2.05) is 18.2 Å². The zero-order valence-electron chi connectivity index (χ0n) is 29.3. The molecule has 3 fully saturated rings. The molecule has 6 rings (SSSR count). The maximum Gasteiger partial charge on any atom is 0.418 e.